The molecule has 0 amide bonds. The molecule has 1 aromatic heterocycles. The Morgan fingerprint density at radius 1 is 1.19 bits per heavy atom. The Hall–Kier alpha value is -2.14. The number of ether oxygens (including phenoxy) is 1. The van der Waals surface area contributed by atoms with Crippen molar-refractivity contribution in [2.24, 2.45) is 11.8 Å². The number of piperidine rings is 3. The number of halogens is 1. The number of benzene rings is 2. The molecule has 0 radical (unpaired) electrons. The summed E-state index contributed by atoms with van der Waals surface area (Å²) in [5.41, 5.74) is 5.07. The molecule has 2 aromatic carbocycles. The summed E-state index contributed by atoms with van der Waals surface area (Å²) in [5.74, 6) is 2.30. The predicted molar refractivity (Wildman–Crippen MR) is 133 cm³/mol. The molecule has 3 aliphatic rings. The molecule has 3 saturated heterocycles. The van der Waals surface area contributed by atoms with Crippen LogP contribution in [0, 0.1) is 18.8 Å². The lowest BCUT2D eigenvalue weighted by atomic mass is 9.72. The van der Waals surface area contributed by atoms with Gasteiger partial charge in [0.1, 0.15) is 5.75 Å². The van der Waals surface area contributed by atoms with E-state index in [2.05, 4.69) is 49.1 Å². The second-order valence-electron chi connectivity index (χ2n) is 9.31. The summed E-state index contributed by atoms with van der Waals surface area (Å²) in [4.78, 5) is 7.47. The maximum absolute atomic E-state index is 11.7. The van der Waals surface area contributed by atoms with E-state index in [1.165, 1.54) is 18.4 Å². The Balaban J connectivity index is 0.00000245. The lowest BCUT2D eigenvalue weighted by molar-refractivity contribution is -0.0562. The number of rotatable bonds is 5. The molecule has 6 rings (SSSR count). The van der Waals surface area contributed by atoms with Crippen molar-refractivity contribution < 1.29 is 9.84 Å². The van der Waals surface area contributed by atoms with Gasteiger partial charge < -0.3 is 9.84 Å². The normalized spacial score (nSPS) is 25.4. The van der Waals surface area contributed by atoms with Crippen molar-refractivity contribution >= 4 is 23.3 Å². The summed E-state index contributed by atoms with van der Waals surface area (Å²) >= 11 is 0. The molecule has 4 heterocycles. The first-order valence-corrected chi connectivity index (χ1v) is 11.5. The molecule has 1 N–H and O–H groups in total. The van der Waals surface area contributed by atoms with E-state index in [0.29, 0.717) is 0 Å². The molecule has 2 bridgehead atoms. The number of hydrogen-bond acceptors (Lipinski definition) is 4. The second kappa shape index (κ2) is 9.38. The van der Waals surface area contributed by atoms with Crippen molar-refractivity contribution in [1.82, 2.24) is 9.88 Å². The van der Waals surface area contributed by atoms with Gasteiger partial charge in [-0.15, -0.1) is 12.4 Å². The average Bonchev–Trinajstić information content (AvgIpc) is 2.82. The van der Waals surface area contributed by atoms with Gasteiger partial charge in [0.05, 0.1) is 24.4 Å². The molecule has 0 spiro atoms. The molecule has 5 heteroatoms. The third kappa shape index (κ3) is 4.12. The third-order valence-corrected chi connectivity index (χ3v) is 7.51. The molecule has 4 nitrogen and oxygen atoms in total. The van der Waals surface area contributed by atoms with Gasteiger partial charge in [-0.3, -0.25) is 4.90 Å². The van der Waals surface area contributed by atoms with Crippen molar-refractivity contribution in [2.75, 3.05) is 20.2 Å². The lowest BCUT2D eigenvalue weighted by Gasteiger charge is -2.51. The summed E-state index contributed by atoms with van der Waals surface area (Å²) in [7, 11) is 1.68. The van der Waals surface area contributed by atoms with Crippen LogP contribution < -0.4 is 4.74 Å². The van der Waals surface area contributed by atoms with Crippen LogP contribution in [0.3, 0.4) is 0 Å². The molecular formula is C27H33ClN2O2. The molecule has 5 atom stereocenters. The first-order chi connectivity index (χ1) is 15.1. The first-order valence-electron chi connectivity index (χ1n) is 11.5. The summed E-state index contributed by atoms with van der Waals surface area (Å²) in [6.45, 7) is 6.61. The number of aliphatic hydroxyl groups is 1. The maximum Gasteiger partial charge on any atom is 0.119 e. The molecule has 3 aliphatic heterocycles. The third-order valence-electron chi connectivity index (χ3n) is 7.51. The summed E-state index contributed by atoms with van der Waals surface area (Å²) in [6.07, 6.45) is 3.03. The van der Waals surface area contributed by atoms with Crippen molar-refractivity contribution in [2.45, 2.75) is 45.3 Å². The monoisotopic (exact) mass is 452 g/mol. The molecule has 170 valence electrons. The van der Waals surface area contributed by atoms with Crippen LogP contribution in [0.15, 0.2) is 48.5 Å². The van der Waals surface area contributed by atoms with Crippen LogP contribution in [-0.4, -0.2) is 41.2 Å². The van der Waals surface area contributed by atoms with Gasteiger partial charge >= 0.3 is 0 Å². The fourth-order valence-electron chi connectivity index (χ4n) is 5.73. The number of nitrogens with zero attached hydrogens (tertiary/aromatic N) is 2. The Labute approximate surface area is 197 Å². The molecule has 0 saturated carbocycles. The lowest BCUT2D eigenvalue weighted by Crippen LogP contribution is -2.55. The van der Waals surface area contributed by atoms with Gasteiger partial charge in [-0.2, -0.15) is 0 Å². The number of aliphatic hydroxyl groups excluding tert-OH is 1. The van der Waals surface area contributed by atoms with Crippen molar-refractivity contribution in [3.8, 4) is 17.0 Å². The van der Waals surface area contributed by atoms with E-state index < -0.39 is 6.10 Å². The van der Waals surface area contributed by atoms with E-state index >= 15 is 0 Å². The highest BCUT2D eigenvalue weighted by Gasteiger charge is 2.42. The van der Waals surface area contributed by atoms with Gasteiger partial charge in [0, 0.05) is 23.5 Å². The number of aryl methyl sites for hydroxylation is 1. The van der Waals surface area contributed by atoms with E-state index in [9.17, 15) is 5.11 Å². The Morgan fingerprint density at radius 2 is 2.03 bits per heavy atom. The summed E-state index contributed by atoms with van der Waals surface area (Å²) in [6, 6.07) is 16.7. The smallest absolute Gasteiger partial charge is 0.119 e. The molecule has 3 fully saturated rings. The van der Waals surface area contributed by atoms with E-state index in [4.69, 9.17) is 9.72 Å². The van der Waals surface area contributed by atoms with Crippen LogP contribution in [0.1, 0.15) is 43.4 Å². The van der Waals surface area contributed by atoms with Gasteiger partial charge in [-0.25, -0.2) is 4.98 Å². The van der Waals surface area contributed by atoms with E-state index in [1.54, 1.807) is 7.11 Å². The number of methoxy groups -OCH3 is 1. The number of hydrogen-bond donors (Lipinski definition) is 1. The topological polar surface area (TPSA) is 45.6 Å². The minimum absolute atomic E-state index is 0. The fraction of sp³-hybridized carbons (Fsp3) is 0.444. The van der Waals surface area contributed by atoms with E-state index in [1.807, 2.05) is 18.2 Å². The van der Waals surface area contributed by atoms with Crippen molar-refractivity contribution in [1.29, 1.82) is 0 Å². The van der Waals surface area contributed by atoms with Crippen LogP contribution in [0.4, 0.5) is 0 Å². The van der Waals surface area contributed by atoms with Crippen molar-refractivity contribution in [3.63, 3.8) is 0 Å². The van der Waals surface area contributed by atoms with E-state index in [0.717, 1.165) is 64.8 Å². The highest BCUT2D eigenvalue weighted by molar-refractivity contribution is 5.87. The van der Waals surface area contributed by atoms with Gasteiger partial charge in [-0.1, -0.05) is 37.1 Å². The molecule has 32 heavy (non-hydrogen) atoms. The molecule has 3 aromatic rings. The zero-order valence-corrected chi connectivity index (χ0v) is 19.9. The van der Waals surface area contributed by atoms with Crippen LogP contribution in [0.2, 0.25) is 0 Å². The maximum atomic E-state index is 11.7. The minimum Gasteiger partial charge on any atom is -0.497 e. The van der Waals surface area contributed by atoms with Crippen LogP contribution in [0.5, 0.6) is 5.75 Å². The highest BCUT2D eigenvalue weighted by atomic mass is 35.5. The highest BCUT2D eigenvalue weighted by Crippen LogP contribution is 2.43. The summed E-state index contributed by atoms with van der Waals surface area (Å²) in [5, 5.41) is 12.7. The zero-order chi connectivity index (χ0) is 21.5. The zero-order valence-electron chi connectivity index (χ0n) is 19.1. The van der Waals surface area contributed by atoms with Crippen LogP contribution in [-0.2, 0) is 0 Å². The second-order valence-corrected chi connectivity index (χ2v) is 9.31. The standard InChI is InChI=1S/C27H32N2O2.ClH/c1-4-18-16-29-11-10-19(18)13-26(29)27(30)23-15-25(20-7-5-6-17(2)12-20)28-24-9-8-21(31-3)14-22(23)24;/h5-9,12,14-15,18-19,26-27,30H,4,10-11,13,16H2,1-3H3;1H/t18-,19-,26-,27+;/m0./s1. The Morgan fingerprint density at radius 3 is 2.72 bits per heavy atom. The quantitative estimate of drug-likeness (QED) is 0.531. The Bertz CT molecular complexity index is 1100. The van der Waals surface area contributed by atoms with Crippen molar-refractivity contribution in [3.05, 3.63) is 59.7 Å². The fourth-order valence-corrected chi connectivity index (χ4v) is 5.73. The Kier molecular flexibility index (Phi) is 6.75. The van der Waals surface area contributed by atoms with Crippen LogP contribution in [0.25, 0.3) is 22.2 Å². The number of aromatic nitrogens is 1. The largest absolute Gasteiger partial charge is 0.497 e. The molecular weight excluding hydrogens is 420 g/mol. The van der Waals surface area contributed by atoms with Gasteiger partial charge in [-0.05, 0) is 74.0 Å². The average molecular weight is 453 g/mol. The van der Waals surface area contributed by atoms with E-state index in [-0.39, 0.29) is 18.4 Å². The van der Waals surface area contributed by atoms with Gasteiger partial charge in [0.2, 0.25) is 0 Å². The molecule has 1 unspecified atom stereocenters. The SMILES string of the molecule is CC[C@H]1CN2CC[C@H]1C[C@H]2[C@H](O)c1cc(-c2cccc(C)c2)nc2ccc(OC)cc12.Cl. The minimum atomic E-state index is -0.540. The number of pyridine rings is 1. The molecule has 0 aliphatic carbocycles. The summed E-state index contributed by atoms with van der Waals surface area (Å²) < 4.78 is 5.49. The van der Waals surface area contributed by atoms with Crippen LogP contribution >= 0.6 is 12.4 Å². The van der Waals surface area contributed by atoms with Gasteiger partial charge in [0.15, 0.2) is 0 Å². The number of fused-ring (bicyclic) bond motifs is 4. The van der Waals surface area contributed by atoms with Gasteiger partial charge in [0.25, 0.3) is 0 Å². The first kappa shape index (κ1) is 23.0. The predicted octanol–water partition coefficient (Wildman–Crippen LogP) is 5.79.